The van der Waals surface area contributed by atoms with Gasteiger partial charge in [-0.05, 0) is 70.6 Å². The van der Waals surface area contributed by atoms with E-state index in [1.54, 1.807) is 12.2 Å². The molecule has 12 nitrogen and oxygen atoms in total. The number of allylic oxidation sites excluding steroid dienone is 14. The summed E-state index contributed by atoms with van der Waals surface area (Å²) in [5, 5.41) is 20.7. The highest BCUT2D eigenvalue weighted by atomic mass is 31.2. The van der Waals surface area contributed by atoms with E-state index in [0.717, 1.165) is 57.8 Å². The van der Waals surface area contributed by atoms with E-state index in [1.807, 2.05) is 45.4 Å². The molecule has 0 aliphatic heterocycles. The summed E-state index contributed by atoms with van der Waals surface area (Å²) in [6, 6.07) is 0. The third kappa shape index (κ3) is 32.8. The molecule has 1 aliphatic carbocycles. The topological polar surface area (TPSA) is 166 Å². The first-order chi connectivity index (χ1) is 30.2. The van der Waals surface area contributed by atoms with Gasteiger partial charge in [0.05, 0.1) is 40.0 Å². The Hall–Kier alpha value is -3.48. The Morgan fingerprint density at radius 2 is 1.35 bits per heavy atom. The maximum atomic E-state index is 12.8. The Kier molecular flexibility index (Phi) is 32.7. The van der Waals surface area contributed by atoms with E-state index in [2.05, 4.69) is 74.6 Å². The van der Waals surface area contributed by atoms with Crippen molar-refractivity contribution in [2.45, 2.75) is 141 Å². The van der Waals surface area contributed by atoms with Crippen LogP contribution in [0.25, 0.3) is 0 Å². The van der Waals surface area contributed by atoms with Crippen molar-refractivity contribution >= 4 is 25.5 Å². The number of phosphoric ester groups is 1. The zero-order chi connectivity index (χ0) is 46.6. The van der Waals surface area contributed by atoms with Crippen LogP contribution in [-0.2, 0) is 37.5 Å². The van der Waals surface area contributed by atoms with Crippen molar-refractivity contribution < 1.29 is 57.1 Å². The largest absolute Gasteiger partial charge is 0.472 e. The molecule has 3 N–H and O–H groups in total. The molecule has 6 atom stereocenters. The Morgan fingerprint density at radius 1 is 0.762 bits per heavy atom. The first-order valence-electron chi connectivity index (χ1n) is 23.1. The van der Waals surface area contributed by atoms with Gasteiger partial charge in [0.15, 0.2) is 6.10 Å². The van der Waals surface area contributed by atoms with Gasteiger partial charge in [0, 0.05) is 31.1 Å². The molecule has 0 bridgehead atoms. The minimum Gasteiger partial charge on any atom is -0.462 e. The average Bonchev–Trinajstić information content (AvgIpc) is 3.50. The number of hydrogen-bond donors (Lipinski definition) is 3. The predicted molar refractivity (Wildman–Crippen MR) is 252 cm³/mol. The van der Waals surface area contributed by atoms with Gasteiger partial charge in [0.1, 0.15) is 25.5 Å². The van der Waals surface area contributed by atoms with Crippen molar-refractivity contribution in [3.05, 3.63) is 97.2 Å². The molecule has 0 radical (unpaired) electrons. The summed E-state index contributed by atoms with van der Waals surface area (Å²) in [6.45, 7) is 3.77. The molecule has 1 unspecified atom stereocenters. The number of carbonyl (C=O) groups is 3. The summed E-state index contributed by atoms with van der Waals surface area (Å²) in [7, 11) is 1.25. The lowest BCUT2D eigenvalue weighted by Crippen LogP contribution is -2.37. The lowest BCUT2D eigenvalue weighted by atomic mass is 9.90. The van der Waals surface area contributed by atoms with Crippen molar-refractivity contribution in [3.63, 3.8) is 0 Å². The Balaban J connectivity index is 2.55. The first kappa shape index (κ1) is 57.5. The number of esters is 2. The molecule has 1 aliphatic rings. The number of phosphoric acid groups is 1. The molecule has 0 saturated heterocycles. The van der Waals surface area contributed by atoms with Crippen LogP contribution in [0.2, 0.25) is 0 Å². The standard InChI is InChI=1S/C50H80NO11P/c1-6-8-10-11-12-13-14-15-16-17-18-19-20-21-22-23-24-25-30-34-49(55)59-41-44(42-61-63(57,58)60-39-38-51(3,4)5)62-50(56)35-31-27-26-29-33-45-46(48(54)40-47(45)53)37-36-43(52)32-28-9-7-2/h8,10,12-13,15-16,18-19,21-22,24-26,29,36-37,43-46,48,52,54H,6-7,9,11,14,17,20,23,27-28,30-35,38-42H2,1-5H3/p+1/b10-8-,13-12-,16-15-,19-18-,22-21-,25-24-,29-26-,37-36+/t43-,44+,45+,46+,48+/m0/s1. The van der Waals surface area contributed by atoms with Gasteiger partial charge >= 0.3 is 19.8 Å². The molecule has 0 spiro atoms. The molecule has 1 fully saturated rings. The summed E-state index contributed by atoms with van der Waals surface area (Å²) in [6.07, 6.45) is 41.3. The minimum absolute atomic E-state index is 0.0142. The molecular formula is C50H81NO11P+. The van der Waals surface area contributed by atoms with Crippen LogP contribution in [0.5, 0.6) is 0 Å². The van der Waals surface area contributed by atoms with Crippen LogP contribution in [0, 0.1) is 11.8 Å². The monoisotopic (exact) mass is 903 g/mol. The van der Waals surface area contributed by atoms with Crippen LogP contribution in [0.4, 0.5) is 0 Å². The highest BCUT2D eigenvalue weighted by Gasteiger charge is 2.39. The van der Waals surface area contributed by atoms with Crippen molar-refractivity contribution in [1.29, 1.82) is 0 Å². The van der Waals surface area contributed by atoms with E-state index in [0.29, 0.717) is 43.1 Å². The van der Waals surface area contributed by atoms with E-state index in [4.69, 9.17) is 18.5 Å². The van der Waals surface area contributed by atoms with E-state index in [9.17, 15) is 34.1 Å². The van der Waals surface area contributed by atoms with E-state index >= 15 is 0 Å². The highest BCUT2D eigenvalue weighted by molar-refractivity contribution is 7.47. The second kappa shape index (κ2) is 35.8. The number of hydrogen-bond acceptors (Lipinski definition) is 10. The van der Waals surface area contributed by atoms with Crippen molar-refractivity contribution in [1.82, 2.24) is 0 Å². The SMILES string of the molecule is CC/C=C\C/C=C\C/C=C\C/C=C\C/C=C\C/C=C\CCC(=O)OC[C@H](COP(=O)(O)OCC[N+](C)(C)C)OC(=O)CCC/C=C\C[C@H]1C(=O)C[C@@H](O)[C@@H]1/C=C/[C@@H](O)CCCCC. The van der Waals surface area contributed by atoms with Gasteiger partial charge in [-0.1, -0.05) is 130 Å². The number of rotatable bonds is 36. The summed E-state index contributed by atoms with van der Waals surface area (Å²) < 4.78 is 34.1. The Bertz CT molecular complexity index is 1550. The lowest BCUT2D eigenvalue weighted by Gasteiger charge is -2.24. The third-order valence-corrected chi connectivity index (χ3v) is 11.0. The first-order valence-corrected chi connectivity index (χ1v) is 24.6. The number of nitrogens with zero attached hydrogens (tertiary/aromatic N) is 1. The van der Waals surface area contributed by atoms with Crippen LogP contribution in [0.15, 0.2) is 97.2 Å². The number of aliphatic hydroxyl groups is 2. The fourth-order valence-electron chi connectivity index (χ4n) is 6.31. The van der Waals surface area contributed by atoms with E-state index in [1.165, 1.54) is 0 Å². The normalized spacial score (nSPS) is 19.7. The van der Waals surface area contributed by atoms with Crippen molar-refractivity contribution in [2.75, 3.05) is 47.5 Å². The highest BCUT2D eigenvalue weighted by Crippen LogP contribution is 2.43. The molecule has 0 aromatic heterocycles. The molecule has 0 amide bonds. The van der Waals surface area contributed by atoms with Gasteiger partial charge in [-0.3, -0.25) is 23.4 Å². The third-order valence-electron chi connectivity index (χ3n) is 9.98. The van der Waals surface area contributed by atoms with E-state index in [-0.39, 0.29) is 50.1 Å². The van der Waals surface area contributed by atoms with Crippen LogP contribution in [-0.4, -0.2) is 103 Å². The number of quaternary nitrogens is 1. The quantitative estimate of drug-likeness (QED) is 0.0180. The summed E-state index contributed by atoms with van der Waals surface area (Å²) in [5.41, 5.74) is 0. The van der Waals surface area contributed by atoms with Gasteiger partial charge in [0.25, 0.3) is 0 Å². The lowest BCUT2D eigenvalue weighted by molar-refractivity contribution is -0.870. The number of aliphatic hydroxyl groups excluding tert-OH is 2. The number of ether oxygens (including phenoxy) is 2. The number of unbranched alkanes of at least 4 members (excludes halogenated alkanes) is 3. The van der Waals surface area contributed by atoms with Gasteiger partial charge < -0.3 is 29.1 Å². The zero-order valence-electron chi connectivity index (χ0n) is 39.0. The summed E-state index contributed by atoms with van der Waals surface area (Å²) in [4.78, 5) is 48.2. The average molecular weight is 903 g/mol. The second-order valence-corrected chi connectivity index (χ2v) is 18.3. The zero-order valence-corrected chi connectivity index (χ0v) is 39.9. The van der Waals surface area contributed by atoms with Crippen LogP contribution >= 0.6 is 7.82 Å². The van der Waals surface area contributed by atoms with Gasteiger partial charge in [-0.25, -0.2) is 4.57 Å². The number of ketones is 1. The molecule has 356 valence electrons. The fourth-order valence-corrected chi connectivity index (χ4v) is 7.05. The molecule has 13 heteroatoms. The Labute approximate surface area is 379 Å². The summed E-state index contributed by atoms with van der Waals surface area (Å²) in [5.74, 6) is -1.86. The second-order valence-electron chi connectivity index (χ2n) is 16.8. The molecule has 0 heterocycles. The van der Waals surface area contributed by atoms with Crippen molar-refractivity contribution in [2.24, 2.45) is 11.8 Å². The van der Waals surface area contributed by atoms with Gasteiger partial charge in [-0.15, -0.1) is 0 Å². The smallest absolute Gasteiger partial charge is 0.462 e. The fraction of sp³-hybridized carbons (Fsp3) is 0.620. The molecular weight excluding hydrogens is 822 g/mol. The van der Waals surface area contributed by atoms with Crippen LogP contribution in [0.3, 0.4) is 0 Å². The Morgan fingerprint density at radius 3 is 1.94 bits per heavy atom. The molecule has 0 aromatic rings. The molecule has 1 saturated carbocycles. The molecule has 63 heavy (non-hydrogen) atoms. The van der Waals surface area contributed by atoms with E-state index < -0.39 is 44.7 Å². The number of carbonyl (C=O) groups excluding carboxylic acids is 3. The van der Waals surface area contributed by atoms with Gasteiger partial charge in [-0.2, -0.15) is 0 Å². The van der Waals surface area contributed by atoms with Gasteiger partial charge in [0.2, 0.25) is 0 Å². The van der Waals surface area contributed by atoms with Crippen molar-refractivity contribution in [3.8, 4) is 0 Å². The van der Waals surface area contributed by atoms with Crippen LogP contribution < -0.4 is 0 Å². The predicted octanol–water partition coefficient (Wildman–Crippen LogP) is 9.94. The molecule has 1 rings (SSSR count). The maximum absolute atomic E-state index is 12.8. The number of Topliss-reactive ketones (excluding diaryl/α,β-unsaturated/α-hetero) is 1. The maximum Gasteiger partial charge on any atom is 0.472 e. The minimum atomic E-state index is -4.48. The molecule has 0 aromatic carbocycles. The number of likely N-dealkylation sites (N-methyl/N-ethyl adjacent to an activating group) is 1. The summed E-state index contributed by atoms with van der Waals surface area (Å²) >= 11 is 0. The van der Waals surface area contributed by atoms with Crippen LogP contribution in [0.1, 0.15) is 123 Å².